The third-order valence-electron chi connectivity index (χ3n) is 1.32. The smallest absolute Gasteiger partial charge is 0.213 e. The zero-order valence-electron chi connectivity index (χ0n) is 5.37. The summed E-state index contributed by atoms with van der Waals surface area (Å²) in [6, 6.07) is 1.25. The third-order valence-corrected chi connectivity index (χ3v) is 1.32. The molecule has 0 amide bonds. The Labute approximate surface area is 60.9 Å². The van der Waals surface area contributed by atoms with Crippen LogP contribution in [0.15, 0.2) is 31.8 Å². The number of rotatable bonds is 0. The van der Waals surface area contributed by atoms with Crippen LogP contribution in [0.4, 0.5) is 5.69 Å². The molecule has 1 N–H and O–H groups in total. The highest BCUT2D eigenvalue weighted by molar-refractivity contribution is 6.00. The first-order valence-electron chi connectivity index (χ1n) is 2.91. The van der Waals surface area contributed by atoms with Gasteiger partial charge >= 0.3 is 0 Å². The Bertz CT molecular complexity index is 405. The van der Waals surface area contributed by atoms with Crippen molar-refractivity contribution in [2.24, 2.45) is 10.2 Å². The molecular weight excluding hydrogens is 146 g/mol. The van der Waals surface area contributed by atoms with Crippen LogP contribution in [-0.4, -0.2) is 5.84 Å². The highest BCUT2D eigenvalue weighted by atomic mass is 16.3. The monoisotopic (exact) mass is 149 g/mol. The Morgan fingerprint density at radius 3 is 3.00 bits per heavy atom. The molecule has 0 saturated heterocycles. The number of amidine groups is 1. The van der Waals surface area contributed by atoms with Crippen molar-refractivity contribution in [3.63, 3.8) is 0 Å². The Morgan fingerprint density at radius 1 is 1.45 bits per heavy atom. The number of nitrogens with one attached hydrogen (secondary N) is 1. The van der Waals surface area contributed by atoms with E-state index in [9.17, 15) is 4.79 Å². The summed E-state index contributed by atoms with van der Waals surface area (Å²) >= 11 is 0. The predicted octanol–water partition coefficient (Wildman–Crippen LogP) is 1.06. The highest BCUT2D eigenvalue weighted by Crippen LogP contribution is 2.21. The first-order chi connectivity index (χ1) is 5.29. The third kappa shape index (κ3) is 0.706. The van der Waals surface area contributed by atoms with Crippen molar-refractivity contribution in [3.8, 4) is 0 Å². The fourth-order valence-electron chi connectivity index (χ4n) is 0.819. The van der Waals surface area contributed by atoms with Crippen molar-refractivity contribution in [2.45, 2.75) is 0 Å². The van der Waals surface area contributed by atoms with Crippen molar-refractivity contribution in [1.82, 2.24) is 0 Å². The van der Waals surface area contributed by atoms with E-state index in [1.54, 1.807) is 0 Å². The van der Waals surface area contributed by atoms with Crippen molar-refractivity contribution in [3.05, 3.63) is 28.3 Å². The fraction of sp³-hybridized carbons (Fsp3) is 0. The van der Waals surface area contributed by atoms with E-state index in [-0.39, 0.29) is 22.7 Å². The van der Waals surface area contributed by atoms with Gasteiger partial charge in [-0.2, -0.15) is 0 Å². The van der Waals surface area contributed by atoms with Crippen LogP contribution in [0.25, 0.3) is 0 Å². The van der Waals surface area contributed by atoms with E-state index >= 15 is 0 Å². The second kappa shape index (κ2) is 1.85. The molecule has 0 atom stereocenters. The molecule has 0 radical (unpaired) electrons. The van der Waals surface area contributed by atoms with Gasteiger partial charge in [-0.1, -0.05) is 0 Å². The zero-order valence-corrected chi connectivity index (χ0v) is 5.37. The van der Waals surface area contributed by atoms with Gasteiger partial charge in [0.1, 0.15) is 0 Å². The summed E-state index contributed by atoms with van der Waals surface area (Å²) in [7, 11) is 0. The molecule has 1 aliphatic rings. The Kier molecular flexibility index (Phi) is 1.00. The molecule has 5 nitrogen and oxygen atoms in total. The minimum atomic E-state index is -0.266. The van der Waals surface area contributed by atoms with Crippen molar-refractivity contribution >= 4 is 11.5 Å². The van der Waals surface area contributed by atoms with E-state index in [0.29, 0.717) is 0 Å². The Morgan fingerprint density at radius 2 is 2.27 bits per heavy atom. The standard InChI is InChI=1S/C6H3N3O2/c7-6-5-4(8-9-6)3(10)1-2-11-5/h1-2,7H. The van der Waals surface area contributed by atoms with Crippen LogP contribution < -0.4 is 5.43 Å². The van der Waals surface area contributed by atoms with Gasteiger partial charge < -0.3 is 4.42 Å². The Hall–Kier alpha value is -1.78. The molecule has 0 unspecified atom stereocenters. The number of nitrogens with zero attached hydrogens (tertiary/aromatic N) is 2. The van der Waals surface area contributed by atoms with Gasteiger partial charge in [-0.3, -0.25) is 10.2 Å². The minimum absolute atomic E-state index is 0.0994. The van der Waals surface area contributed by atoms with E-state index in [1.165, 1.54) is 12.3 Å². The molecule has 0 aliphatic carbocycles. The van der Waals surface area contributed by atoms with Gasteiger partial charge in [0.25, 0.3) is 0 Å². The average molecular weight is 149 g/mol. The molecule has 1 aromatic rings. The molecule has 2 heterocycles. The lowest BCUT2D eigenvalue weighted by molar-refractivity contribution is 0.542. The van der Waals surface area contributed by atoms with E-state index in [0.717, 1.165) is 0 Å². The number of hydrogen-bond acceptors (Lipinski definition) is 4. The van der Waals surface area contributed by atoms with Gasteiger partial charge in [-0.05, 0) is 0 Å². The van der Waals surface area contributed by atoms with Gasteiger partial charge in [0.05, 0.1) is 6.26 Å². The van der Waals surface area contributed by atoms with E-state index < -0.39 is 0 Å². The molecule has 1 aromatic heterocycles. The van der Waals surface area contributed by atoms with Gasteiger partial charge in [0, 0.05) is 6.07 Å². The lowest BCUT2D eigenvalue weighted by atomic mass is 10.3. The first kappa shape index (κ1) is 5.96. The summed E-state index contributed by atoms with van der Waals surface area (Å²) in [6.45, 7) is 0. The van der Waals surface area contributed by atoms with E-state index in [4.69, 9.17) is 9.83 Å². The minimum Gasteiger partial charge on any atom is -0.458 e. The molecular formula is C6H3N3O2. The average Bonchev–Trinajstić information content (AvgIpc) is 2.35. The maximum Gasteiger partial charge on any atom is 0.213 e. The highest BCUT2D eigenvalue weighted by Gasteiger charge is 2.18. The summed E-state index contributed by atoms with van der Waals surface area (Å²) in [5.74, 6) is 0.0511. The van der Waals surface area contributed by atoms with Crippen molar-refractivity contribution < 1.29 is 4.42 Å². The number of azo groups is 1. The van der Waals surface area contributed by atoms with E-state index in [1.807, 2.05) is 0 Å². The van der Waals surface area contributed by atoms with Crippen LogP contribution in [0.5, 0.6) is 0 Å². The summed E-state index contributed by atoms with van der Waals surface area (Å²) in [6.07, 6.45) is 1.23. The van der Waals surface area contributed by atoms with Crippen LogP contribution in [0.3, 0.4) is 0 Å². The normalized spacial score (nSPS) is 13.6. The van der Waals surface area contributed by atoms with Gasteiger partial charge in [0.15, 0.2) is 5.69 Å². The van der Waals surface area contributed by atoms with Crippen LogP contribution >= 0.6 is 0 Å². The van der Waals surface area contributed by atoms with Crippen LogP contribution in [0.1, 0.15) is 5.76 Å². The van der Waals surface area contributed by atoms with Gasteiger partial charge in [-0.25, -0.2) is 0 Å². The molecule has 1 aliphatic heterocycles. The Balaban J connectivity index is 2.84. The van der Waals surface area contributed by atoms with Crippen molar-refractivity contribution in [1.29, 1.82) is 5.41 Å². The summed E-state index contributed by atoms with van der Waals surface area (Å²) in [4.78, 5) is 10.9. The number of fused-ring (bicyclic) bond motifs is 1. The topological polar surface area (TPSA) is 78.8 Å². The summed E-state index contributed by atoms with van der Waals surface area (Å²) < 4.78 is 4.85. The molecule has 2 rings (SSSR count). The maximum atomic E-state index is 10.9. The van der Waals surface area contributed by atoms with Crippen LogP contribution in [-0.2, 0) is 0 Å². The largest absolute Gasteiger partial charge is 0.458 e. The summed E-state index contributed by atoms with van der Waals surface area (Å²) in [5.41, 5.74) is -0.144. The van der Waals surface area contributed by atoms with Crippen LogP contribution in [0, 0.1) is 5.41 Å². The molecule has 54 valence electrons. The second-order valence-corrected chi connectivity index (χ2v) is 2.01. The predicted molar refractivity (Wildman–Crippen MR) is 36.3 cm³/mol. The second-order valence-electron chi connectivity index (χ2n) is 2.01. The molecule has 0 aromatic carbocycles. The molecule has 0 saturated carbocycles. The lowest BCUT2D eigenvalue weighted by Crippen LogP contribution is -1.99. The lowest BCUT2D eigenvalue weighted by Gasteiger charge is -1.89. The molecule has 0 spiro atoms. The van der Waals surface area contributed by atoms with Gasteiger partial charge in [0.2, 0.25) is 17.0 Å². The number of hydrogen-bond donors (Lipinski definition) is 1. The van der Waals surface area contributed by atoms with E-state index in [2.05, 4.69) is 10.2 Å². The first-order valence-corrected chi connectivity index (χ1v) is 2.91. The summed E-state index contributed by atoms with van der Waals surface area (Å²) in [5, 5.41) is 14.0. The maximum absolute atomic E-state index is 10.9. The SMILES string of the molecule is N=C1N=Nc2c1occc2=O. The molecule has 0 bridgehead atoms. The molecule has 11 heavy (non-hydrogen) atoms. The van der Waals surface area contributed by atoms with Gasteiger partial charge in [-0.15, -0.1) is 10.2 Å². The van der Waals surface area contributed by atoms with Crippen LogP contribution in [0.2, 0.25) is 0 Å². The van der Waals surface area contributed by atoms with Crippen molar-refractivity contribution in [2.75, 3.05) is 0 Å². The quantitative estimate of drug-likeness (QED) is 0.598. The molecule has 0 fully saturated rings. The zero-order chi connectivity index (χ0) is 7.84. The fourth-order valence-corrected chi connectivity index (χ4v) is 0.819. The molecule has 5 heteroatoms.